The quantitative estimate of drug-likeness (QED) is 0.612. The number of rotatable bonds is 4. The summed E-state index contributed by atoms with van der Waals surface area (Å²) >= 11 is 0. The van der Waals surface area contributed by atoms with Crippen LogP contribution in [0.3, 0.4) is 0 Å². The molecule has 4 rings (SSSR count). The minimum absolute atomic E-state index is 0.555. The fraction of sp³-hybridized carbons (Fsp3) is 0.200. The number of nitrogens with one attached hydrogen (secondary N) is 1. The van der Waals surface area contributed by atoms with E-state index in [9.17, 15) is 0 Å². The SMILES string of the molecule is Cc1ccc2c(c1)cc(CNc1nc(C)nc(-c3ccccn3)n1)n2C. The topological polar surface area (TPSA) is 68.5 Å². The summed E-state index contributed by atoms with van der Waals surface area (Å²) < 4.78 is 2.19. The number of pyridine rings is 1. The second-order valence-corrected chi connectivity index (χ2v) is 6.36. The monoisotopic (exact) mass is 344 g/mol. The molecule has 0 fully saturated rings. The van der Waals surface area contributed by atoms with Crippen LogP contribution in [0.2, 0.25) is 0 Å². The van der Waals surface area contributed by atoms with Crippen molar-refractivity contribution in [3.05, 3.63) is 65.7 Å². The molecule has 3 heterocycles. The molecule has 0 aliphatic carbocycles. The first-order chi connectivity index (χ1) is 12.6. The van der Waals surface area contributed by atoms with Gasteiger partial charge in [-0.2, -0.15) is 9.97 Å². The summed E-state index contributed by atoms with van der Waals surface area (Å²) in [6.07, 6.45) is 1.74. The number of anilines is 1. The van der Waals surface area contributed by atoms with Crippen LogP contribution >= 0.6 is 0 Å². The minimum atomic E-state index is 0.555. The molecule has 0 saturated carbocycles. The zero-order valence-corrected chi connectivity index (χ0v) is 15.1. The molecule has 130 valence electrons. The first kappa shape index (κ1) is 16.2. The van der Waals surface area contributed by atoms with E-state index in [0.717, 1.165) is 5.69 Å². The highest BCUT2D eigenvalue weighted by molar-refractivity contribution is 5.82. The summed E-state index contributed by atoms with van der Waals surface area (Å²) in [6.45, 7) is 4.60. The van der Waals surface area contributed by atoms with Gasteiger partial charge in [0.15, 0.2) is 5.82 Å². The van der Waals surface area contributed by atoms with Crippen molar-refractivity contribution in [3.8, 4) is 11.5 Å². The van der Waals surface area contributed by atoms with Gasteiger partial charge < -0.3 is 9.88 Å². The molecule has 3 aromatic heterocycles. The first-order valence-corrected chi connectivity index (χ1v) is 8.53. The van der Waals surface area contributed by atoms with Crippen LogP contribution in [0.4, 0.5) is 5.95 Å². The fourth-order valence-corrected chi connectivity index (χ4v) is 3.04. The van der Waals surface area contributed by atoms with E-state index in [-0.39, 0.29) is 0 Å². The summed E-state index contributed by atoms with van der Waals surface area (Å²) in [7, 11) is 2.08. The van der Waals surface area contributed by atoms with E-state index in [1.165, 1.54) is 22.2 Å². The lowest BCUT2D eigenvalue weighted by atomic mass is 10.2. The molecule has 1 aromatic carbocycles. The van der Waals surface area contributed by atoms with Crippen molar-refractivity contribution in [1.29, 1.82) is 0 Å². The normalized spacial score (nSPS) is 11.0. The Morgan fingerprint density at radius 3 is 2.69 bits per heavy atom. The van der Waals surface area contributed by atoms with E-state index >= 15 is 0 Å². The van der Waals surface area contributed by atoms with E-state index in [4.69, 9.17) is 0 Å². The maximum atomic E-state index is 4.51. The van der Waals surface area contributed by atoms with Crippen molar-refractivity contribution in [2.24, 2.45) is 7.05 Å². The van der Waals surface area contributed by atoms with E-state index < -0.39 is 0 Å². The van der Waals surface area contributed by atoms with Crippen LogP contribution in [0.1, 0.15) is 17.1 Å². The van der Waals surface area contributed by atoms with Gasteiger partial charge in [-0.3, -0.25) is 4.98 Å². The summed E-state index contributed by atoms with van der Waals surface area (Å²) in [5.41, 5.74) is 4.38. The van der Waals surface area contributed by atoms with Gasteiger partial charge in [-0.1, -0.05) is 17.7 Å². The predicted octanol–water partition coefficient (Wildman–Crippen LogP) is 3.65. The third-order valence-corrected chi connectivity index (χ3v) is 4.37. The van der Waals surface area contributed by atoms with Gasteiger partial charge in [0.2, 0.25) is 5.95 Å². The lowest BCUT2D eigenvalue weighted by molar-refractivity contribution is 0.857. The molecule has 0 amide bonds. The molecular formula is C20H20N6. The number of hydrogen-bond donors (Lipinski definition) is 1. The Kier molecular flexibility index (Phi) is 4.08. The number of aromatic nitrogens is 5. The number of aryl methyl sites for hydroxylation is 3. The van der Waals surface area contributed by atoms with Crippen molar-refractivity contribution < 1.29 is 0 Å². The van der Waals surface area contributed by atoms with Crippen LogP contribution < -0.4 is 5.32 Å². The molecule has 4 aromatic rings. The van der Waals surface area contributed by atoms with Crippen LogP contribution in [0.25, 0.3) is 22.4 Å². The van der Waals surface area contributed by atoms with Gasteiger partial charge in [0.25, 0.3) is 0 Å². The second-order valence-electron chi connectivity index (χ2n) is 6.36. The highest BCUT2D eigenvalue weighted by atomic mass is 15.2. The van der Waals surface area contributed by atoms with Gasteiger partial charge in [0.1, 0.15) is 11.5 Å². The molecule has 0 unspecified atom stereocenters. The maximum Gasteiger partial charge on any atom is 0.226 e. The molecule has 0 atom stereocenters. The first-order valence-electron chi connectivity index (χ1n) is 8.53. The molecule has 0 radical (unpaired) electrons. The van der Waals surface area contributed by atoms with Crippen molar-refractivity contribution in [2.75, 3.05) is 5.32 Å². The summed E-state index contributed by atoms with van der Waals surface area (Å²) in [5.74, 6) is 1.80. The van der Waals surface area contributed by atoms with Crippen LogP contribution in [0.15, 0.2) is 48.7 Å². The Labute approximate surface area is 152 Å². The molecule has 0 spiro atoms. The van der Waals surface area contributed by atoms with Crippen molar-refractivity contribution in [1.82, 2.24) is 24.5 Å². The third kappa shape index (κ3) is 3.13. The zero-order valence-electron chi connectivity index (χ0n) is 15.1. The van der Waals surface area contributed by atoms with Crippen LogP contribution in [0, 0.1) is 13.8 Å². The Balaban J connectivity index is 1.60. The predicted molar refractivity (Wildman–Crippen MR) is 103 cm³/mol. The highest BCUT2D eigenvalue weighted by Crippen LogP contribution is 2.21. The van der Waals surface area contributed by atoms with Gasteiger partial charge in [0.05, 0.1) is 6.54 Å². The van der Waals surface area contributed by atoms with Crippen molar-refractivity contribution in [2.45, 2.75) is 20.4 Å². The molecular weight excluding hydrogens is 324 g/mol. The fourth-order valence-electron chi connectivity index (χ4n) is 3.04. The standard InChI is InChI=1S/C20H20N6/c1-13-7-8-18-15(10-13)11-16(26(18)3)12-22-20-24-14(2)23-19(25-20)17-6-4-5-9-21-17/h4-11H,12H2,1-3H3,(H,22,23,24,25). The van der Waals surface area contributed by atoms with Crippen molar-refractivity contribution >= 4 is 16.9 Å². The van der Waals surface area contributed by atoms with E-state index in [1.54, 1.807) is 6.20 Å². The Morgan fingerprint density at radius 1 is 1.00 bits per heavy atom. The van der Waals surface area contributed by atoms with Gasteiger partial charge >= 0.3 is 0 Å². The largest absolute Gasteiger partial charge is 0.349 e. The van der Waals surface area contributed by atoms with E-state index in [1.807, 2.05) is 25.1 Å². The third-order valence-electron chi connectivity index (χ3n) is 4.37. The molecule has 6 nitrogen and oxygen atoms in total. The Hall–Kier alpha value is -3.28. The van der Waals surface area contributed by atoms with E-state index in [0.29, 0.717) is 24.1 Å². The number of fused-ring (bicyclic) bond motifs is 1. The van der Waals surface area contributed by atoms with Gasteiger partial charge in [-0.15, -0.1) is 0 Å². The molecule has 0 aliphatic heterocycles. The molecule has 0 aliphatic rings. The summed E-state index contributed by atoms with van der Waals surface area (Å²) in [6, 6.07) is 14.4. The molecule has 0 saturated heterocycles. The average molecular weight is 344 g/mol. The van der Waals surface area contributed by atoms with Crippen LogP contribution in [0.5, 0.6) is 0 Å². The Morgan fingerprint density at radius 2 is 1.88 bits per heavy atom. The van der Waals surface area contributed by atoms with Gasteiger partial charge in [0, 0.05) is 29.8 Å². The summed E-state index contributed by atoms with van der Waals surface area (Å²) in [4.78, 5) is 17.6. The lowest BCUT2D eigenvalue weighted by Gasteiger charge is -2.08. The number of benzene rings is 1. The lowest BCUT2D eigenvalue weighted by Crippen LogP contribution is -2.09. The van der Waals surface area contributed by atoms with E-state index in [2.05, 4.69) is 68.1 Å². The van der Waals surface area contributed by atoms with Crippen LogP contribution in [-0.4, -0.2) is 24.5 Å². The minimum Gasteiger partial charge on any atom is -0.349 e. The summed E-state index contributed by atoms with van der Waals surface area (Å²) in [5, 5.41) is 4.56. The zero-order chi connectivity index (χ0) is 18.1. The Bertz CT molecular complexity index is 1070. The van der Waals surface area contributed by atoms with Crippen LogP contribution in [-0.2, 0) is 13.6 Å². The van der Waals surface area contributed by atoms with Gasteiger partial charge in [-0.05, 0) is 44.2 Å². The van der Waals surface area contributed by atoms with Crippen molar-refractivity contribution in [3.63, 3.8) is 0 Å². The maximum absolute atomic E-state index is 4.51. The number of hydrogen-bond acceptors (Lipinski definition) is 5. The average Bonchev–Trinajstić information content (AvgIpc) is 2.95. The highest BCUT2D eigenvalue weighted by Gasteiger charge is 2.09. The second kappa shape index (κ2) is 6.55. The molecule has 26 heavy (non-hydrogen) atoms. The van der Waals surface area contributed by atoms with Gasteiger partial charge in [-0.25, -0.2) is 4.98 Å². The number of nitrogens with zero attached hydrogens (tertiary/aromatic N) is 5. The smallest absolute Gasteiger partial charge is 0.226 e. The molecule has 1 N–H and O–H groups in total. The molecule has 6 heteroatoms. The molecule has 0 bridgehead atoms.